The number of aliphatic hydroxyl groups excluding tert-OH is 1. The summed E-state index contributed by atoms with van der Waals surface area (Å²) in [5, 5.41) is 20.0. The van der Waals surface area contributed by atoms with Gasteiger partial charge in [0.1, 0.15) is 16.6 Å². The lowest BCUT2D eigenvalue weighted by Gasteiger charge is -2.26. The molecule has 48 heavy (non-hydrogen) atoms. The Bertz CT molecular complexity index is 1610. The van der Waals surface area contributed by atoms with E-state index in [1.165, 1.54) is 29.0 Å². The van der Waals surface area contributed by atoms with Crippen LogP contribution in [0.25, 0.3) is 10.6 Å². The smallest absolute Gasteiger partial charge is 0.253 e. The van der Waals surface area contributed by atoms with E-state index in [0.717, 1.165) is 24.5 Å². The van der Waals surface area contributed by atoms with Crippen LogP contribution in [-0.2, 0) is 13.0 Å². The van der Waals surface area contributed by atoms with Gasteiger partial charge in [0.25, 0.3) is 11.8 Å². The third-order valence-electron chi connectivity index (χ3n) is 7.85. The summed E-state index contributed by atoms with van der Waals surface area (Å²) in [5.41, 5.74) is 3.74. The molecule has 0 aliphatic heterocycles. The number of halogens is 3. The van der Waals surface area contributed by atoms with Crippen LogP contribution >= 0.6 is 23.7 Å². The molecule has 4 aromatic rings. The number of benzene rings is 3. The minimum Gasteiger partial charge on any atom is -0.390 e. The molecular weight excluding hydrogens is 654 g/mol. The number of hydrogen-bond donors (Lipinski definition) is 3. The first-order chi connectivity index (χ1) is 22.6. The number of aromatic nitrogens is 1. The van der Waals surface area contributed by atoms with E-state index in [1.807, 2.05) is 31.4 Å². The highest BCUT2D eigenvalue weighted by Gasteiger charge is 2.25. The molecule has 11 heteroatoms. The molecule has 0 bridgehead atoms. The second-order valence-corrected chi connectivity index (χ2v) is 13.0. The number of hydrogen-bond acceptors (Lipinski definition) is 6. The largest absolute Gasteiger partial charge is 0.390 e. The quantitative estimate of drug-likeness (QED) is 0.114. The second-order valence-electron chi connectivity index (χ2n) is 12.1. The second kappa shape index (κ2) is 18.7. The molecule has 258 valence electrons. The van der Waals surface area contributed by atoms with Gasteiger partial charge in [-0.05, 0) is 72.2 Å². The van der Waals surface area contributed by atoms with E-state index in [1.54, 1.807) is 29.3 Å². The molecule has 1 heterocycles. The van der Waals surface area contributed by atoms with Gasteiger partial charge in [-0.1, -0.05) is 52.0 Å². The molecule has 0 aliphatic carbocycles. The van der Waals surface area contributed by atoms with Gasteiger partial charge in [-0.25, -0.2) is 13.8 Å². The fourth-order valence-corrected chi connectivity index (χ4v) is 6.12. The molecule has 0 radical (unpaired) electrons. The van der Waals surface area contributed by atoms with E-state index in [2.05, 4.69) is 41.6 Å². The third kappa shape index (κ3) is 10.9. The first kappa shape index (κ1) is 38.7. The molecule has 2 atom stereocenters. The topological polar surface area (TPSA) is 94.6 Å². The zero-order valence-corrected chi connectivity index (χ0v) is 29.5. The molecule has 0 spiro atoms. The van der Waals surface area contributed by atoms with Crippen LogP contribution in [0.15, 0.2) is 72.2 Å². The average Bonchev–Trinajstić information content (AvgIpc) is 3.59. The zero-order valence-electron chi connectivity index (χ0n) is 27.8. The van der Waals surface area contributed by atoms with Crippen molar-refractivity contribution >= 4 is 35.6 Å². The number of carbonyl (C=O) groups excluding carboxylic acids is 2. The lowest BCUT2D eigenvalue weighted by molar-refractivity contribution is 0.0755. The molecular formula is C37H45ClF2N4O3S. The standard InChI is InChI=1S/C37H44F2N4O3S.ClH/c1-5-11-43(12-6-2)37(46)30-19-28(18-29(20-30)36-41-10-13-47-36)35(45)42-33(17-26-15-31(38)21-32(39)16-26)34(44)23-40-22-25-8-7-9-27(14-25)24(3)4;/h7-10,13-16,18-21,24,33-34,40,44H,5-6,11-12,17,22-23H2,1-4H3,(H,42,45);1H/t33-,34+;/m0./s1. The van der Waals surface area contributed by atoms with Gasteiger partial charge in [0.15, 0.2) is 0 Å². The normalized spacial score (nSPS) is 12.3. The summed E-state index contributed by atoms with van der Waals surface area (Å²) < 4.78 is 28.2. The molecule has 0 unspecified atom stereocenters. The number of nitrogens with one attached hydrogen (secondary N) is 2. The van der Waals surface area contributed by atoms with Crippen LogP contribution in [0, 0.1) is 11.6 Å². The van der Waals surface area contributed by atoms with Crippen molar-refractivity contribution in [2.75, 3.05) is 19.6 Å². The Morgan fingerprint density at radius 3 is 2.25 bits per heavy atom. The number of nitrogens with zero attached hydrogens (tertiary/aromatic N) is 2. The number of amides is 2. The highest BCUT2D eigenvalue weighted by molar-refractivity contribution is 7.13. The van der Waals surface area contributed by atoms with Crippen molar-refractivity contribution in [2.45, 2.75) is 71.6 Å². The van der Waals surface area contributed by atoms with E-state index in [9.17, 15) is 23.5 Å². The molecule has 3 aromatic carbocycles. The van der Waals surface area contributed by atoms with Crippen LogP contribution in [0.1, 0.15) is 83.9 Å². The van der Waals surface area contributed by atoms with Crippen molar-refractivity contribution in [3.8, 4) is 10.6 Å². The van der Waals surface area contributed by atoms with Crippen molar-refractivity contribution < 1.29 is 23.5 Å². The van der Waals surface area contributed by atoms with E-state index in [0.29, 0.717) is 47.3 Å². The molecule has 0 saturated heterocycles. The lowest BCUT2D eigenvalue weighted by atomic mass is 9.99. The van der Waals surface area contributed by atoms with Crippen LogP contribution in [-0.4, -0.2) is 58.6 Å². The first-order valence-corrected chi connectivity index (χ1v) is 17.0. The number of aliphatic hydroxyl groups is 1. The summed E-state index contributed by atoms with van der Waals surface area (Å²) in [5.74, 6) is -1.83. The van der Waals surface area contributed by atoms with Gasteiger partial charge >= 0.3 is 0 Å². The van der Waals surface area contributed by atoms with Gasteiger partial charge in [-0.3, -0.25) is 9.59 Å². The summed E-state index contributed by atoms with van der Waals surface area (Å²) in [6.07, 6.45) is 2.12. The maximum absolute atomic E-state index is 14.1. The van der Waals surface area contributed by atoms with Gasteiger partial charge in [-0.2, -0.15) is 0 Å². The highest BCUT2D eigenvalue weighted by atomic mass is 35.5. The zero-order chi connectivity index (χ0) is 33.9. The van der Waals surface area contributed by atoms with Crippen molar-refractivity contribution in [3.63, 3.8) is 0 Å². The van der Waals surface area contributed by atoms with Crippen molar-refractivity contribution in [2.24, 2.45) is 0 Å². The molecule has 3 N–H and O–H groups in total. The molecule has 0 saturated carbocycles. The predicted molar refractivity (Wildman–Crippen MR) is 191 cm³/mol. The fourth-order valence-electron chi connectivity index (χ4n) is 5.50. The Hall–Kier alpha value is -3.70. The average molecular weight is 699 g/mol. The Labute approximate surface area is 292 Å². The van der Waals surface area contributed by atoms with Gasteiger partial charge < -0.3 is 20.6 Å². The van der Waals surface area contributed by atoms with Crippen molar-refractivity contribution in [3.05, 3.63) is 112 Å². The Morgan fingerprint density at radius 1 is 0.938 bits per heavy atom. The molecule has 0 aliphatic rings. The minimum atomic E-state index is -1.11. The van der Waals surface area contributed by atoms with Gasteiger partial charge in [0.05, 0.1) is 12.1 Å². The van der Waals surface area contributed by atoms with Crippen LogP contribution in [0.5, 0.6) is 0 Å². The summed E-state index contributed by atoms with van der Waals surface area (Å²) in [6, 6.07) is 15.4. The minimum absolute atomic E-state index is 0. The number of rotatable bonds is 16. The predicted octanol–water partition coefficient (Wildman–Crippen LogP) is 7.39. The van der Waals surface area contributed by atoms with Gasteiger partial charge in [0.2, 0.25) is 0 Å². The summed E-state index contributed by atoms with van der Waals surface area (Å²) in [6.45, 7) is 10.0. The molecule has 0 fully saturated rings. The summed E-state index contributed by atoms with van der Waals surface area (Å²) in [4.78, 5) is 33.6. The van der Waals surface area contributed by atoms with Gasteiger partial charge in [0, 0.05) is 60.5 Å². The SMILES string of the molecule is CCCN(CCC)C(=O)c1cc(C(=O)N[C@@H](Cc2cc(F)cc(F)c2)[C@H](O)CNCc2cccc(C(C)C)c2)cc(-c2nccs2)c1.Cl. The maximum Gasteiger partial charge on any atom is 0.253 e. The van der Waals surface area contributed by atoms with Crippen molar-refractivity contribution in [1.29, 1.82) is 0 Å². The Balaban J connectivity index is 0.00000625. The first-order valence-electron chi connectivity index (χ1n) is 16.2. The van der Waals surface area contributed by atoms with Crippen LogP contribution in [0.4, 0.5) is 8.78 Å². The number of carbonyl (C=O) groups is 2. The van der Waals surface area contributed by atoms with E-state index in [-0.39, 0.29) is 36.8 Å². The summed E-state index contributed by atoms with van der Waals surface area (Å²) >= 11 is 1.39. The third-order valence-corrected chi connectivity index (χ3v) is 8.68. The lowest BCUT2D eigenvalue weighted by Crippen LogP contribution is -2.48. The van der Waals surface area contributed by atoms with E-state index >= 15 is 0 Å². The van der Waals surface area contributed by atoms with E-state index < -0.39 is 29.7 Å². The van der Waals surface area contributed by atoms with Gasteiger partial charge in [-0.15, -0.1) is 23.7 Å². The number of thiazole rings is 1. The monoisotopic (exact) mass is 698 g/mol. The van der Waals surface area contributed by atoms with Crippen LogP contribution in [0.2, 0.25) is 0 Å². The fraction of sp³-hybridized carbons (Fsp3) is 0.378. The van der Waals surface area contributed by atoms with Crippen molar-refractivity contribution in [1.82, 2.24) is 20.5 Å². The molecule has 2 amide bonds. The highest BCUT2D eigenvalue weighted by Crippen LogP contribution is 2.26. The molecule has 1 aromatic heterocycles. The maximum atomic E-state index is 14.1. The Kier molecular flexibility index (Phi) is 15.1. The van der Waals surface area contributed by atoms with Crippen LogP contribution in [0.3, 0.4) is 0 Å². The van der Waals surface area contributed by atoms with E-state index in [4.69, 9.17) is 0 Å². The molecule has 4 rings (SSSR count). The summed E-state index contributed by atoms with van der Waals surface area (Å²) in [7, 11) is 0. The molecule has 7 nitrogen and oxygen atoms in total. The Morgan fingerprint density at radius 2 is 1.62 bits per heavy atom. The van der Waals surface area contributed by atoms with Crippen LogP contribution < -0.4 is 10.6 Å².